The molecule has 2 aromatic rings. The summed E-state index contributed by atoms with van der Waals surface area (Å²) < 4.78 is 1.38. The molecule has 1 aromatic heterocycles. The van der Waals surface area contributed by atoms with Crippen LogP contribution in [0.3, 0.4) is 0 Å². The number of aryl methyl sites for hydroxylation is 1. The van der Waals surface area contributed by atoms with Gasteiger partial charge in [-0.15, -0.1) is 0 Å². The van der Waals surface area contributed by atoms with Crippen LogP contribution in [0, 0.1) is 5.92 Å². The minimum atomic E-state index is -0.528. The summed E-state index contributed by atoms with van der Waals surface area (Å²) in [6.45, 7) is 4.59. The van der Waals surface area contributed by atoms with E-state index in [1.54, 1.807) is 31.3 Å². The number of aromatic hydroxyl groups is 1. The lowest BCUT2D eigenvalue weighted by Gasteiger charge is -2.12. The predicted molar refractivity (Wildman–Crippen MR) is 82.6 cm³/mol. The van der Waals surface area contributed by atoms with Crippen LogP contribution in [0.2, 0.25) is 0 Å². The van der Waals surface area contributed by atoms with Crippen LogP contribution >= 0.6 is 0 Å². The highest BCUT2D eigenvalue weighted by molar-refractivity contribution is 6.02. The van der Waals surface area contributed by atoms with E-state index in [9.17, 15) is 14.7 Å². The first-order chi connectivity index (χ1) is 9.93. The fourth-order valence-electron chi connectivity index (χ4n) is 2.25. The normalized spacial score (nSPS) is 11.0. The maximum atomic E-state index is 12.3. The molecule has 2 rings (SSSR count). The van der Waals surface area contributed by atoms with Crippen LogP contribution in [0.15, 0.2) is 29.1 Å². The van der Waals surface area contributed by atoms with Crippen molar-refractivity contribution >= 4 is 16.8 Å². The Morgan fingerprint density at radius 1 is 1.33 bits per heavy atom. The minimum absolute atomic E-state index is 0.194. The van der Waals surface area contributed by atoms with Gasteiger partial charge in [0, 0.05) is 19.0 Å². The van der Waals surface area contributed by atoms with Gasteiger partial charge in [-0.2, -0.15) is 0 Å². The maximum Gasteiger partial charge on any atom is 0.267 e. The summed E-state index contributed by atoms with van der Waals surface area (Å²) in [5.74, 6) is -0.325. The van der Waals surface area contributed by atoms with Gasteiger partial charge in [0.1, 0.15) is 11.3 Å². The highest BCUT2D eigenvalue weighted by Crippen LogP contribution is 2.25. The number of hydrogen-bond acceptors (Lipinski definition) is 3. The molecule has 112 valence electrons. The average Bonchev–Trinajstić information content (AvgIpc) is 2.45. The second-order valence-electron chi connectivity index (χ2n) is 5.54. The first-order valence-electron chi connectivity index (χ1n) is 7.02. The monoisotopic (exact) mass is 288 g/mol. The van der Waals surface area contributed by atoms with E-state index in [1.807, 2.05) is 0 Å². The third kappa shape index (κ3) is 2.91. The largest absolute Gasteiger partial charge is 0.506 e. The lowest BCUT2D eigenvalue weighted by atomic mass is 10.1. The van der Waals surface area contributed by atoms with Gasteiger partial charge in [-0.1, -0.05) is 26.0 Å². The number of pyridine rings is 1. The summed E-state index contributed by atoms with van der Waals surface area (Å²) in [4.78, 5) is 24.5. The lowest BCUT2D eigenvalue weighted by Crippen LogP contribution is -2.33. The van der Waals surface area contributed by atoms with Crippen LogP contribution in [0.4, 0.5) is 0 Å². The van der Waals surface area contributed by atoms with Gasteiger partial charge in [0.2, 0.25) is 0 Å². The van der Waals surface area contributed by atoms with Gasteiger partial charge in [-0.05, 0) is 24.5 Å². The number of hydrogen-bond donors (Lipinski definition) is 2. The number of amides is 1. The zero-order chi connectivity index (χ0) is 15.6. The van der Waals surface area contributed by atoms with Gasteiger partial charge < -0.3 is 15.0 Å². The number of fused-ring (bicyclic) bond motifs is 1. The van der Waals surface area contributed by atoms with Crippen LogP contribution in [-0.4, -0.2) is 22.1 Å². The molecule has 1 aromatic carbocycles. The Hall–Kier alpha value is -2.30. The molecular weight excluding hydrogens is 268 g/mol. The Kier molecular flexibility index (Phi) is 4.31. The van der Waals surface area contributed by atoms with Gasteiger partial charge >= 0.3 is 0 Å². The molecule has 0 unspecified atom stereocenters. The molecule has 0 aliphatic rings. The first kappa shape index (κ1) is 15.1. The molecule has 0 saturated heterocycles. The van der Waals surface area contributed by atoms with Gasteiger partial charge in [0.25, 0.3) is 11.5 Å². The number of benzene rings is 1. The Labute approximate surface area is 123 Å². The van der Waals surface area contributed by atoms with E-state index in [0.29, 0.717) is 23.4 Å². The molecule has 1 heterocycles. The summed E-state index contributed by atoms with van der Waals surface area (Å²) in [5, 5.41) is 13.4. The van der Waals surface area contributed by atoms with E-state index in [-0.39, 0.29) is 11.3 Å². The van der Waals surface area contributed by atoms with Crippen molar-refractivity contribution in [2.45, 2.75) is 20.3 Å². The molecule has 0 fully saturated rings. The number of rotatable bonds is 4. The molecule has 0 saturated carbocycles. The highest BCUT2D eigenvalue weighted by atomic mass is 16.3. The SMILES string of the molecule is CC(C)CCNC(=O)c1c(O)c2ccccc2n(C)c1=O. The van der Waals surface area contributed by atoms with E-state index < -0.39 is 11.5 Å². The minimum Gasteiger partial charge on any atom is -0.506 e. The molecule has 0 aliphatic heterocycles. The Morgan fingerprint density at radius 2 is 2.00 bits per heavy atom. The standard InChI is InChI=1S/C16H20N2O3/c1-10(2)8-9-17-15(20)13-14(19)11-6-4-5-7-12(11)18(3)16(13)21/h4-7,10,19H,8-9H2,1-3H3,(H,17,20). The summed E-state index contributed by atoms with van der Waals surface area (Å²) in [6, 6.07) is 6.96. The van der Waals surface area contributed by atoms with Crippen LogP contribution in [0.5, 0.6) is 5.75 Å². The average molecular weight is 288 g/mol. The number of aromatic nitrogens is 1. The zero-order valence-corrected chi connectivity index (χ0v) is 12.5. The van der Waals surface area contributed by atoms with Crippen molar-refractivity contribution < 1.29 is 9.90 Å². The lowest BCUT2D eigenvalue weighted by molar-refractivity contribution is 0.0947. The van der Waals surface area contributed by atoms with E-state index >= 15 is 0 Å². The van der Waals surface area contributed by atoms with E-state index in [1.165, 1.54) is 4.57 Å². The Morgan fingerprint density at radius 3 is 2.67 bits per heavy atom. The fraction of sp³-hybridized carbons (Fsp3) is 0.375. The molecule has 0 bridgehead atoms. The number of para-hydroxylation sites is 1. The van der Waals surface area contributed by atoms with Crippen molar-refractivity contribution in [2.75, 3.05) is 6.54 Å². The van der Waals surface area contributed by atoms with E-state index in [4.69, 9.17) is 0 Å². The summed E-state index contributed by atoms with van der Waals surface area (Å²) in [6.07, 6.45) is 0.820. The quantitative estimate of drug-likeness (QED) is 0.904. The number of carbonyl (C=O) groups excluding carboxylic acids is 1. The second-order valence-corrected chi connectivity index (χ2v) is 5.54. The van der Waals surface area contributed by atoms with E-state index in [2.05, 4.69) is 19.2 Å². The molecule has 2 N–H and O–H groups in total. The van der Waals surface area contributed by atoms with Crippen molar-refractivity contribution in [2.24, 2.45) is 13.0 Å². The smallest absolute Gasteiger partial charge is 0.267 e. The summed E-state index contributed by atoms with van der Waals surface area (Å²) in [5.41, 5.74) is -0.0908. The molecule has 0 atom stereocenters. The van der Waals surface area contributed by atoms with Gasteiger partial charge in [0.05, 0.1) is 5.52 Å². The molecule has 0 radical (unpaired) electrons. The maximum absolute atomic E-state index is 12.3. The third-order valence-electron chi connectivity index (χ3n) is 3.51. The van der Waals surface area contributed by atoms with E-state index in [0.717, 1.165) is 6.42 Å². The molecule has 21 heavy (non-hydrogen) atoms. The molecule has 5 heteroatoms. The summed E-state index contributed by atoms with van der Waals surface area (Å²) in [7, 11) is 1.59. The molecule has 0 aliphatic carbocycles. The van der Waals surface area contributed by atoms with Crippen molar-refractivity contribution in [3.05, 3.63) is 40.2 Å². The molecule has 0 spiro atoms. The first-order valence-corrected chi connectivity index (χ1v) is 7.02. The number of nitrogens with zero attached hydrogens (tertiary/aromatic N) is 1. The predicted octanol–water partition coefficient (Wildman–Crippen LogP) is 2.02. The van der Waals surface area contributed by atoms with Crippen LogP contribution in [0.1, 0.15) is 30.6 Å². The van der Waals surface area contributed by atoms with Crippen molar-refractivity contribution in [1.29, 1.82) is 0 Å². The summed E-state index contributed by atoms with van der Waals surface area (Å²) >= 11 is 0. The molecule has 1 amide bonds. The second kappa shape index (κ2) is 5.99. The van der Waals surface area contributed by atoms with Crippen molar-refractivity contribution in [1.82, 2.24) is 9.88 Å². The number of nitrogens with one attached hydrogen (secondary N) is 1. The Bertz CT molecular complexity index is 732. The van der Waals surface area contributed by atoms with Crippen LogP contribution in [0.25, 0.3) is 10.9 Å². The third-order valence-corrected chi connectivity index (χ3v) is 3.51. The van der Waals surface area contributed by atoms with Crippen molar-refractivity contribution in [3.8, 4) is 5.75 Å². The molecule has 5 nitrogen and oxygen atoms in total. The van der Waals surface area contributed by atoms with Crippen LogP contribution < -0.4 is 10.9 Å². The Balaban J connectivity index is 2.44. The topological polar surface area (TPSA) is 71.3 Å². The highest BCUT2D eigenvalue weighted by Gasteiger charge is 2.20. The van der Waals surface area contributed by atoms with Gasteiger partial charge in [0.15, 0.2) is 0 Å². The van der Waals surface area contributed by atoms with Crippen molar-refractivity contribution in [3.63, 3.8) is 0 Å². The molecular formula is C16H20N2O3. The van der Waals surface area contributed by atoms with Crippen LogP contribution in [-0.2, 0) is 7.05 Å². The number of carbonyl (C=O) groups is 1. The van der Waals surface area contributed by atoms with Gasteiger partial charge in [-0.3, -0.25) is 9.59 Å². The zero-order valence-electron chi connectivity index (χ0n) is 12.5. The fourth-order valence-corrected chi connectivity index (χ4v) is 2.25. The van der Waals surface area contributed by atoms with Gasteiger partial charge in [-0.25, -0.2) is 0 Å².